The van der Waals surface area contributed by atoms with E-state index in [1.165, 1.54) is 10.4 Å². The molecule has 0 bridgehead atoms. The Labute approximate surface area is 120 Å². The second-order valence-corrected chi connectivity index (χ2v) is 6.27. The standard InChI is InChI=1S/C13H23N3O3S/c1-4-11(5-2)16(9-10-17)20(18,19)12-7-6-8-15-13(12)14-3/h6-8,11,17H,4-5,9-10H2,1-3H3,(H,14,15). The lowest BCUT2D eigenvalue weighted by atomic mass is 10.2. The number of aliphatic hydroxyl groups is 1. The maximum Gasteiger partial charge on any atom is 0.247 e. The fourth-order valence-corrected chi connectivity index (χ4v) is 4.12. The van der Waals surface area contributed by atoms with Crippen molar-refractivity contribution < 1.29 is 13.5 Å². The molecule has 0 saturated heterocycles. The van der Waals surface area contributed by atoms with Crippen molar-refractivity contribution in [2.45, 2.75) is 37.6 Å². The monoisotopic (exact) mass is 301 g/mol. The van der Waals surface area contributed by atoms with E-state index in [1.54, 1.807) is 19.3 Å². The van der Waals surface area contributed by atoms with E-state index in [2.05, 4.69) is 10.3 Å². The quantitative estimate of drug-likeness (QED) is 0.756. The highest BCUT2D eigenvalue weighted by molar-refractivity contribution is 7.89. The van der Waals surface area contributed by atoms with Crippen LogP contribution in [0, 0.1) is 0 Å². The Kier molecular flexibility index (Phi) is 6.38. The van der Waals surface area contributed by atoms with Gasteiger partial charge in [-0.25, -0.2) is 13.4 Å². The van der Waals surface area contributed by atoms with E-state index in [9.17, 15) is 13.5 Å². The zero-order chi connectivity index (χ0) is 15.2. The molecule has 1 heterocycles. The van der Waals surface area contributed by atoms with Crippen LogP contribution >= 0.6 is 0 Å². The smallest absolute Gasteiger partial charge is 0.247 e. The second kappa shape index (κ2) is 7.56. The lowest BCUT2D eigenvalue weighted by molar-refractivity contribution is 0.219. The molecule has 1 rings (SSSR count). The van der Waals surface area contributed by atoms with E-state index >= 15 is 0 Å². The summed E-state index contributed by atoms with van der Waals surface area (Å²) in [6, 6.07) is 3.00. The van der Waals surface area contributed by atoms with Crippen LogP contribution in [-0.4, -0.2) is 49.1 Å². The van der Waals surface area contributed by atoms with E-state index in [0.717, 1.165) is 0 Å². The van der Waals surface area contributed by atoms with Crippen molar-refractivity contribution in [3.63, 3.8) is 0 Å². The van der Waals surface area contributed by atoms with Crippen molar-refractivity contribution in [3.05, 3.63) is 18.3 Å². The molecule has 0 amide bonds. The first-order valence-electron chi connectivity index (χ1n) is 6.78. The van der Waals surface area contributed by atoms with Gasteiger partial charge < -0.3 is 10.4 Å². The average Bonchev–Trinajstić information content (AvgIpc) is 2.47. The van der Waals surface area contributed by atoms with Crippen LogP contribution in [0.3, 0.4) is 0 Å². The highest BCUT2D eigenvalue weighted by Crippen LogP contribution is 2.25. The van der Waals surface area contributed by atoms with Crippen LogP contribution in [0.4, 0.5) is 5.82 Å². The molecule has 20 heavy (non-hydrogen) atoms. The number of nitrogens with one attached hydrogen (secondary N) is 1. The lowest BCUT2D eigenvalue weighted by Crippen LogP contribution is -2.41. The largest absolute Gasteiger partial charge is 0.395 e. The predicted molar refractivity (Wildman–Crippen MR) is 79.1 cm³/mol. The van der Waals surface area contributed by atoms with Gasteiger partial charge in [-0.2, -0.15) is 4.31 Å². The van der Waals surface area contributed by atoms with Crippen molar-refractivity contribution >= 4 is 15.8 Å². The van der Waals surface area contributed by atoms with Crippen LogP contribution in [0.5, 0.6) is 0 Å². The molecular formula is C13H23N3O3S. The van der Waals surface area contributed by atoms with E-state index in [1.807, 2.05) is 13.8 Å². The summed E-state index contributed by atoms with van der Waals surface area (Å²) in [6.45, 7) is 3.77. The summed E-state index contributed by atoms with van der Waals surface area (Å²) in [5.74, 6) is 0.321. The van der Waals surface area contributed by atoms with E-state index in [0.29, 0.717) is 18.7 Å². The van der Waals surface area contributed by atoms with Gasteiger partial charge in [-0.05, 0) is 25.0 Å². The van der Waals surface area contributed by atoms with Gasteiger partial charge in [-0.3, -0.25) is 0 Å². The van der Waals surface area contributed by atoms with Crippen LogP contribution < -0.4 is 5.32 Å². The Hall–Kier alpha value is -1.18. The first-order chi connectivity index (χ1) is 9.52. The molecule has 0 spiro atoms. The number of aromatic nitrogens is 1. The highest BCUT2D eigenvalue weighted by Gasteiger charge is 2.31. The summed E-state index contributed by atoms with van der Waals surface area (Å²) in [6.07, 6.45) is 2.94. The molecule has 0 aromatic carbocycles. The summed E-state index contributed by atoms with van der Waals surface area (Å²) in [4.78, 5) is 4.18. The van der Waals surface area contributed by atoms with Gasteiger partial charge >= 0.3 is 0 Å². The molecule has 0 saturated carbocycles. The van der Waals surface area contributed by atoms with Gasteiger partial charge in [0.1, 0.15) is 10.7 Å². The summed E-state index contributed by atoms with van der Waals surface area (Å²) in [5, 5.41) is 12.0. The van der Waals surface area contributed by atoms with E-state index < -0.39 is 10.0 Å². The minimum absolute atomic E-state index is 0.0900. The number of aliphatic hydroxyl groups excluding tert-OH is 1. The van der Waals surface area contributed by atoms with Crippen LogP contribution in [0.1, 0.15) is 26.7 Å². The summed E-state index contributed by atoms with van der Waals surface area (Å²) < 4.78 is 27.0. The van der Waals surface area contributed by atoms with Crippen molar-refractivity contribution in [3.8, 4) is 0 Å². The number of rotatable bonds is 8. The second-order valence-electron chi connectivity index (χ2n) is 4.41. The minimum atomic E-state index is -3.68. The molecule has 0 atom stereocenters. The average molecular weight is 301 g/mol. The van der Waals surface area contributed by atoms with Crippen molar-refractivity contribution in [2.75, 3.05) is 25.5 Å². The third-order valence-corrected chi connectivity index (χ3v) is 5.25. The number of pyridine rings is 1. The molecule has 6 nitrogen and oxygen atoms in total. The molecule has 7 heteroatoms. The first kappa shape index (κ1) is 16.9. The molecule has 0 radical (unpaired) electrons. The van der Waals surface area contributed by atoms with Crippen molar-refractivity contribution in [1.82, 2.24) is 9.29 Å². The van der Waals surface area contributed by atoms with Gasteiger partial charge in [0.05, 0.1) is 6.61 Å². The molecule has 0 fully saturated rings. The lowest BCUT2D eigenvalue weighted by Gasteiger charge is -2.29. The van der Waals surface area contributed by atoms with Crippen LogP contribution in [0.15, 0.2) is 23.2 Å². The Morgan fingerprint density at radius 3 is 2.55 bits per heavy atom. The van der Waals surface area contributed by atoms with E-state index in [4.69, 9.17) is 0 Å². The minimum Gasteiger partial charge on any atom is -0.395 e. The zero-order valence-corrected chi connectivity index (χ0v) is 13.0. The molecule has 2 N–H and O–H groups in total. The Balaban J connectivity index is 3.29. The summed E-state index contributed by atoms with van der Waals surface area (Å²) in [5.41, 5.74) is 0. The molecule has 114 valence electrons. The summed E-state index contributed by atoms with van der Waals surface area (Å²) in [7, 11) is -2.05. The third-order valence-electron chi connectivity index (χ3n) is 3.26. The fraction of sp³-hybridized carbons (Fsp3) is 0.615. The molecule has 0 aliphatic heterocycles. The Bertz CT molecular complexity index is 515. The normalized spacial score (nSPS) is 12.1. The van der Waals surface area contributed by atoms with Crippen LogP contribution in [0.25, 0.3) is 0 Å². The van der Waals surface area contributed by atoms with Gasteiger partial charge in [-0.1, -0.05) is 13.8 Å². The SMILES string of the molecule is CCC(CC)N(CCO)S(=O)(=O)c1cccnc1NC. The Morgan fingerprint density at radius 2 is 2.05 bits per heavy atom. The third kappa shape index (κ3) is 3.47. The van der Waals surface area contributed by atoms with Gasteiger partial charge in [0.15, 0.2) is 0 Å². The number of anilines is 1. The molecule has 0 aliphatic carbocycles. The van der Waals surface area contributed by atoms with Gasteiger partial charge in [-0.15, -0.1) is 0 Å². The molecular weight excluding hydrogens is 278 g/mol. The van der Waals surface area contributed by atoms with Crippen molar-refractivity contribution in [1.29, 1.82) is 0 Å². The predicted octanol–water partition coefficient (Wildman–Crippen LogP) is 1.29. The van der Waals surface area contributed by atoms with Crippen LogP contribution in [-0.2, 0) is 10.0 Å². The number of hydrogen-bond donors (Lipinski definition) is 2. The zero-order valence-electron chi connectivity index (χ0n) is 12.2. The Morgan fingerprint density at radius 1 is 1.40 bits per heavy atom. The molecule has 0 unspecified atom stereocenters. The molecule has 1 aromatic rings. The maximum atomic E-state index is 12.8. The highest BCUT2D eigenvalue weighted by atomic mass is 32.2. The number of hydrogen-bond acceptors (Lipinski definition) is 5. The van der Waals surface area contributed by atoms with Gasteiger partial charge in [0.2, 0.25) is 10.0 Å². The molecule has 0 aliphatic rings. The number of sulfonamides is 1. The topological polar surface area (TPSA) is 82.5 Å². The summed E-state index contributed by atoms with van der Waals surface area (Å²) >= 11 is 0. The molecule has 1 aromatic heterocycles. The van der Waals surface area contributed by atoms with Gasteiger partial charge in [0.25, 0.3) is 0 Å². The van der Waals surface area contributed by atoms with Crippen LogP contribution in [0.2, 0.25) is 0 Å². The number of nitrogens with zero attached hydrogens (tertiary/aromatic N) is 2. The fourth-order valence-electron chi connectivity index (χ4n) is 2.21. The first-order valence-corrected chi connectivity index (χ1v) is 8.22. The maximum absolute atomic E-state index is 12.8. The van der Waals surface area contributed by atoms with Crippen molar-refractivity contribution in [2.24, 2.45) is 0 Å². The van der Waals surface area contributed by atoms with Gasteiger partial charge in [0, 0.05) is 25.8 Å². The van der Waals surface area contributed by atoms with E-state index in [-0.39, 0.29) is 24.1 Å².